The van der Waals surface area contributed by atoms with E-state index in [2.05, 4.69) is 42.0 Å². The van der Waals surface area contributed by atoms with Gasteiger partial charge in [-0.1, -0.05) is 35.9 Å². The molecule has 0 atom stereocenters. The van der Waals surface area contributed by atoms with Crippen LogP contribution in [0.1, 0.15) is 16.7 Å². The van der Waals surface area contributed by atoms with E-state index in [-0.39, 0.29) is 0 Å². The average Bonchev–Trinajstić information content (AvgIpc) is 3.14. The third-order valence-corrected chi connectivity index (χ3v) is 4.82. The fraction of sp³-hybridized carbons (Fsp3) is 0.211. The molecule has 1 N–H and O–H groups in total. The van der Waals surface area contributed by atoms with Gasteiger partial charge in [0.2, 0.25) is 0 Å². The van der Waals surface area contributed by atoms with Crippen LogP contribution in [0.4, 0.5) is 5.82 Å². The summed E-state index contributed by atoms with van der Waals surface area (Å²) in [6.45, 7) is 5.24. The van der Waals surface area contributed by atoms with Gasteiger partial charge in [-0.3, -0.25) is 0 Å². The number of anilines is 1. The number of halogens is 1. The minimum absolute atomic E-state index is 0.748. The molecule has 0 fully saturated rings. The zero-order chi connectivity index (χ0) is 16.0. The molecule has 116 valence electrons. The van der Waals surface area contributed by atoms with Crippen molar-refractivity contribution in [1.82, 2.24) is 9.78 Å². The smallest absolute Gasteiger partial charge is 0.133 e. The first-order chi connectivity index (χ1) is 11.1. The Morgan fingerprint density at radius 2 is 1.87 bits per heavy atom. The van der Waals surface area contributed by atoms with Crippen LogP contribution in [0, 0.1) is 13.8 Å². The van der Waals surface area contributed by atoms with Gasteiger partial charge in [-0.05, 0) is 49.6 Å². The molecule has 23 heavy (non-hydrogen) atoms. The second-order valence-electron chi connectivity index (χ2n) is 5.99. The van der Waals surface area contributed by atoms with E-state index in [1.807, 2.05) is 24.3 Å². The molecule has 0 saturated heterocycles. The molecule has 0 amide bonds. The zero-order valence-electron chi connectivity index (χ0n) is 13.2. The summed E-state index contributed by atoms with van der Waals surface area (Å²) < 4.78 is 2.05. The van der Waals surface area contributed by atoms with Gasteiger partial charge in [-0.2, -0.15) is 5.10 Å². The molecule has 0 saturated carbocycles. The van der Waals surface area contributed by atoms with Gasteiger partial charge in [0.25, 0.3) is 0 Å². The number of aromatic nitrogens is 2. The lowest BCUT2D eigenvalue weighted by molar-refractivity contribution is 0.873. The molecular formula is C19H18ClN3. The summed E-state index contributed by atoms with van der Waals surface area (Å²) in [5.41, 5.74) is 7.11. The number of hydrogen-bond acceptors (Lipinski definition) is 2. The number of benzene rings is 2. The van der Waals surface area contributed by atoms with Crippen LogP contribution in [0.25, 0.3) is 16.9 Å². The van der Waals surface area contributed by atoms with Crippen molar-refractivity contribution in [2.75, 3.05) is 11.9 Å². The highest BCUT2D eigenvalue weighted by Crippen LogP contribution is 2.35. The van der Waals surface area contributed by atoms with E-state index in [9.17, 15) is 0 Å². The van der Waals surface area contributed by atoms with Gasteiger partial charge in [0.05, 0.1) is 11.4 Å². The van der Waals surface area contributed by atoms with Gasteiger partial charge in [0.1, 0.15) is 5.82 Å². The summed E-state index contributed by atoms with van der Waals surface area (Å²) in [6, 6.07) is 14.3. The Morgan fingerprint density at radius 3 is 2.65 bits per heavy atom. The summed E-state index contributed by atoms with van der Waals surface area (Å²) in [5.74, 6) is 1.11. The Labute approximate surface area is 140 Å². The van der Waals surface area contributed by atoms with E-state index in [0.29, 0.717) is 0 Å². The third kappa shape index (κ3) is 2.32. The maximum Gasteiger partial charge on any atom is 0.133 e. The molecule has 2 aromatic carbocycles. The van der Waals surface area contributed by atoms with Crippen LogP contribution in [0.2, 0.25) is 5.02 Å². The van der Waals surface area contributed by atoms with E-state index in [1.54, 1.807) is 0 Å². The SMILES string of the molecule is Cc1cccc(-n2nc(-c3ccc(Cl)cc3)c3c2NCC3)c1C. The highest BCUT2D eigenvalue weighted by atomic mass is 35.5. The summed E-state index contributed by atoms with van der Waals surface area (Å²) in [5, 5.41) is 9.15. The monoisotopic (exact) mass is 323 g/mol. The standard InChI is InChI=1S/C19H18ClN3/c1-12-4-3-5-17(13(12)2)23-19-16(10-11-21-19)18(22-23)14-6-8-15(20)9-7-14/h3-9,21H,10-11H2,1-2H3. The lowest BCUT2D eigenvalue weighted by Crippen LogP contribution is -2.06. The van der Waals surface area contributed by atoms with Crippen molar-refractivity contribution in [3.8, 4) is 16.9 Å². The number of hydrogen-bond donors (Lipinski definition) is 1. The lowest BCUT2D eigenvalue weighted by atomic mass is 10.1. The van der Waals surface area contributed by atoms with Crippen LogP contribution in [-0.2, 0) is 6.42 Å². The van der Waals surface area contributed by atoms with Crippen molar-refractivity contribution >= 4 is 17.4 Å². The zero-order valence-corrected chi connectivity index (χ0v) is 14.0. The molecule has 0 unspecified atom stereocenters. The molecule has 1 aromatic heterocycles. The van der Waals surface area contributed by atoms with E-state index in [0.717, 1.165) is 40.8 Å². The van der Waals surface area contributed by atoms with Crippen LogP contribution >= 0.6 is 11.6 Å². The van der Waals surface area contributed by atoms with E-state index in [1.165, 1.54) is 16.7 Å². The first kappa shape index (κ1) is 14.3. The van der Waals surface area contributed by atoms with Gasteiger partial charge < -0.3 is 5.32 Å². The van der Waals surface area contributed by atoms with Crippen molar-refractivity contribution in [2.24, 2.45) is 0 Å². The summed E-state index contributed by atoms with van der Waals surface area (Å²) in [4.78, 5) is 0. The molecule has 1 aliphatic rings. The van der Waals surface area contributed by atoms with Crippen LogP contribution in [0.15, 0.2) is 42.5 Å². The molecule has 3 aromatic rings. The van der Waals surface area contributed by atoms with Crippen LogP contribution in [0.5, 0.6) is 0 Å². The predicted molar refractivity (Wildman–Crippen MR) is 95.7 cm³/mol. The quantitative estimate of drug-likeness (QED) is 0.735. The van der Waals surface area contributed by atoms with Crippen molar-refractivity contribution in [3.63, 3.8) is 0 Å². The van der Waals surface area contributed by atoms with Gasteiger partial charge in [0, 0.05) is 22.7 Å². The topological polar surface area (TPSA) is 29.9 Å². The van der Waals surface area contributed by atoms with Crippen molar-refractivity contribution in [2.45, 2.75) is 20.3 Å². The normalized spacial score (nSPS) is 13.0. The Hall–Kier alpha value is -2.26. The number of aryl methyl sites for hydroxylation is 1. The summed E-state index contributed by atoms with van der Waals surface area (Å²) in [6.07, 6.45) is 0.998. The minimum atomic E-state index is 0.748. The molecule has 0 radical (unpaired) electrons. The van der Waals surface area contributed by atoms with Crippen molar-refractivity contribution in [1.29, 1.82) is 0 Å². The van der Waals surface area contributed by atoms with Crippen LogP contribution in [-0.4, -0.2) is 16.3 Å². The second kappa shape index (κ2) is 5.43. The summed E-state index contributed by atoms with van der Waals surface area (Å²) in [7, 11) is 0. The molecule has 4 heteroatoms. The fourth-order valence-corrected chi connectivity index (χ4v) is 3.28. The highest BCUT2D eigenvalue weighted by Gasteiger charge is 2.24. The van der Waals surface area contributed by atoms with Crippen LogP contribution < -0.4 is 5.32 Å². The van der Waals surface area contributed by atoms with Crippen molar-refractivity contribution < 1.29 is 0 Å². The Balaban J connectivity index is 1.91. The first-order valence-corrected chi connectivity index (χ1v) is 8.21. The molecule has 2 heterocycles. The third-order valence-electron chi connectivity index (χ3n) is 4.57. The number of rotatable bonds is 2. The van der Waals surface area contributed by atoms with Gasteiger partial charge in [0.15, 0.2) is 0 Å². The number of nitrogens with one attached hydrogen (secondary N) is 1. The molecule has 0 bridgehead atoms. The maximum atomic E-state index is 6.02. The second-order valence-corrected chi connectivity index (χ2v) is 6.43. The molecule has 1 aliphatic heterocycles. The van der Waals surface area contributed by atoms with E-state index in [4.69, 9.17) is 16.7 Å². The largest absolute Gasteiger partial charge is 0.369 e. The fourth-order valence-electron chi connectivity index (χ4n) is 3.15. The van der Waals surface area contributed by atoms with Gasteiger partial charge in [-0.15, -0.1) is 0 Å². The van der Waals surface area contributed by atoms with E-state index >= 15 is 0 Å². The summed E-state index contributed by atoms with van der Waals surface area (Å²) >= 11 is 6.02. The Morgan fingerprint density at radius 1 is 1.09 bits per heavy atom. The van der Waals surface area contributed by atoms with Gasteiger partial charge in [-0.25, -0.2) is 4.68 Å². The Bertz CT molecular complexity index is 878. The number of fused-ring (bicyclic) bond motifs is 1. The maximum absolute atomic E-state index is 6.02. The lowest BCUT2D eigenvalue weighted by Gasteiger charge is -2.11. The average molecular weight is 324 g/mol. The molecule has 3 nitrogen and oxygen atoms in total. The van der Waals surface area contributed by atoms with Gasteiger partial charge >= 0.3 is 0 Å². The molecule has 0 spiro atoms. The Kier molecular flexibility index (Phi) is 3.38. The van der Waals surface area contributed by atoms with Crippen LogP contribution in [0.3, 0.4) is 0 Å². The number of nitrogens with zero attached hydrogens (tertiary/aromatic N) is 2. The van der Waals surface area contributed by atoms with Crippen molar-refractivity contribution in [3.05, 3.63) is 64.2 Å². The predicted octanol–water partition coefficient (Wildman–Crippen LogP) is 4.78. The molecule has 0 aliphatic carbocycles. The highest BCUT2D eigenvalue weighted by molar-refractivity contribution is 6.30. The van der Waals surface area contributed by atoms with E-state index < -0.39 is 0 Å². The molecular weight excluding hydrogens is 306 g/mol. The first-order valence-electron chi connectivity index (χ1n) is 7.83. The molecule has 4 rings (SSSR count). The minimum Gasteiger partial charge on any atom is -0.369 e.